The molecule has 1 aliphatic carbocycles. The van der Waals surface area contributed by atoms with Crippen LogP contribution in [-0.2, 0) is 13.0 Å². The standard InChI is InChI=1S/C18H19BrO2/c19-17-10-13(11-20)8-9-18(17)21-12-15-6-3-5-14-4-1-2-7-16(14)15/h1-2,4,7-10,15,20H,3,5-6,11-12H2. The van der Waals surface area contributed by atoms with Crippen LogP contribution in [0.15, 0.2) is 46.9 Å². The van der Waals surface area contributed by atoms with Crippen molar-refractivity contribution < 1.29 is 9.84 Å². The van der Waals surface area contributed by atoms with Crippen LogP contribution in [-0.4, -0.2) is 11.7 Å². The van der Waals surface area contributed by atoms with Crippen molar-refractivity contribution in [1.82, 2.24) is 0 Å². The van der Waals surface area contributed by atoms with E-state index in [4.69, 9.17) is 9.84 Å². The molecule has 0 amide bonds. The first-order valence-electron chi connectivity index (χ1n) is 7.38. The lowest BCUT2D eigenvalue weighted by Gasteiger charge is -2.25. The average molecular weight is 347 g/mol. The Morgan fingerprint density at radius 2 is 2.05 bits per heavy atom. The Morgan fingerprint density at radius 3 is 2.86 bits per heavy atom. The van der Waals surface area contributed by atoms with E-state index in [0.29, 0.717) is 12.5 Å². The van der Waals surface area contributed by atoms with Crippen molar-refractivity contribution in [1.29, 1.82) is 0 Å². The minimum absolute atomic E-state index is 0.0505. The Hall–Kier alpha value is -1.32. The fourth-order valence-corrected chi connectivity index (χ4v) is 3.52. The summed E-state index contributed by atoms with van der Waals surface area (Å²) < 4.78 is 6.91. The fraction of sp³-hybridized carbons (Fsp3) is 0.333. The molecule has 0 aliphatic heterocycles. The summed E-state index contributed by atoms with van der Waals surface area (Å²) in [6.45, 7) is 0.753. The molecule has 0 bridgehead atoms. The molecule has 3 rings (SSSR count). The van der Waals surface area contributed by atoms with Crippen LogP contribution in [0.2, 0.25) is 0 Å². The summed E-state index contributed by atoms with van der Waals surface area (Å²) in [7, 11) is 0. The van der Waals surface area contributed by atoms with E-state index >= 15 is 0 Å². The van der Waals surface area contributed by atoms with Crippen molar-refractivity contribution >= 4 is 15.9 Å². The van der Waals surface area contributed by atoms with Crippen molar-refractivity contribution in [2.45, 2.75) is 31.8 Å². The lowest BCUT2D eigenvalue weighted by atomic mass is 9.83. The van der Waals surface area contributed by atoms with Crippen LogP contribution in [0.5, 0.6) is 5.75 Å². The van der Waals surface area contributed by atoms with Gasteiger partial charge in [0, 0.05) is 5.92 Å². The van der Waals surface area contributed by atoms with E-state index < -0.39 is 0 Å². The summed E-state index contributed by atoms with van der Waals surface area (Å²) in [5.74, 6) is 1.31. The van der Waals surface area contributed by atoms with E-state index in [-0.39, 0.29) is 6.61 Å². The Bertz CT molecular complexity index is 624. The van der Waals surface area contributed by atoms with E-state index in [9.17, 15) is 0 Å². The van der Waals surface area contributed by atoms with E-state index in [1.54, 1.807) is 0 Å². The predicted molar refractivity (Wildman–Crippen MR) is 87.7 cm³/mol. The van der Waals surface area contributed by atoms with Gasteiger partial charge in [0.05, 0.1) is 17.7 Å². The van der Waals surface area contributed by atoms with E-state index in [1.165, 1.54) is 30.4 Å². The molecule has 2 aromatic carbocycles. The molecule has 2 aromatic rings. The second-order valence-corrected chi connectivity index (χ2v) is 6.38. The first-order valence-corrected chi connectivity index (χ1v) is 8.17. The molecule has 0 spiro atoms. The molecule has 1 unspecified atom stereocenters. The second-order valence-electron chi connectivity index (χ2n) is 5.52. The average Bonchev–Trinajstić information content (AvgIpc) is 2.53. The summed E-state index contributed by atoms with van der Waals surface area (Å²) in [6, 6.07) is 14.4. The zero-order valence-corrected chi connectivity index (χ0v) is 13.5. The van der Waals surface area contributed by atoms with Gasteiger partial charge in [-0.2, -0.15) is 0 Å². The Kier molecular flexibility index (Phi) is 4.61. The smallest absolute Gasteiger partial charge is 0.133 e. The van der Waals surface area contributed by atoms with Gasteiger partial charge in [-0.3, -0.25) is 0 Å². The van der Waals surface area contributed by atoms with Crippen LogP contribution in [0.3, 0.4) is 0 Å². The normalized spacial score (nSPS) is 17.3. The van der Waals surface area contributed by atoms with Crippen LogP contribution in [0.25, 0.3) is 0 Å². The van der Waals surface area contributed by atoms with Crippen molar-refractivity contribution in [2.75, 3.05) is 6.61 Å². The maximum Gasteiger partial charge on any atom is 0.133 e. The third-order valence-corrected chi connectivity index (χ3v) is 4.73. The number of aryl methyl sites for hydroxylation is 1. The zero-order valence-electron chi connectivity index (χ0n) is 11.9. The number of benzene rings is 2. The molecule has 1 aliphatic rings. The second kappa shape index (κ2) is 6.63. The van der Waals surface area contributed by atoms with Gasteiger partial charge < -0.3 is 9.84 Å². The molecule has 21 heavy (non-hydrogen) atoms. The predicted octanol–water partition coefficient (Wildman–Crippen LogP) is 4.44. The molecule has 0 saturated carbocycles. The summed E-state index contributed by atoms with van der Waals surface area (Å²) in [6.07, 6.45) is 3.60. The lowest BCUT2D eigenvalue weighted by molar-refractivity contribution is 0.271. The summed E-state index contributed by atoms with van der Waals surface area (Å²) in [5.41, 5.74) is 3.79. The Labute approximate surface area is 133 Å². The SMILES string of the molecule is OCc1ccc(OCC2CCCc3ccccc32)c(Br)c1. The van der Waals surface area contributed by atoms with Gasteiger partial charge in [-0.05, 0) is 64.0 Å². The molecule has 1 atom stereocenters. The molecular weight excluding hydrogens is 328 g/mol. The number of fused-ring (bicyclic) bond motifs is 1. The number of aliphatic hydroxyl groups excluding tert-OH is 1. The van der Waals surface area contributed by atoms with Crippen molar-refractivity contribution in [2.24, 2.45) is 0 Å². The molecule has 3 heteroatoms. The van der Waals surface area contributed by atoms with Crippen molar-refractivity contribution in [3.8, 4) is 5.75 Å². The Balaban J connectivity index is 1.71. The van der Waals surface area contributed by atoms with Crippen LogP contribution in [0.4, 0.5) is 0 Å². The number of aliphatic hydroxyl groups is 1. The minimum atomic E-state index is 0.0505. The topological polar surface area (TPSA) is 29.5 Å². The van der Waals surface area contributed by atoms with Crippen LogP contribution in [0.1, 0.15) is 35.4 Å². The maximum absolute atomic E-state index is 9.13. The Morgan fingerprint density at radius 1 is 1.19 bits per heavy atom. The van der Waals surface area contributed by atoms with Gasteiger partial charge in [0.1, 0.15) is 5.75 Å². The quantitative estimate of drug-likeness (QED) is 0.886. The molecule has 1 N–H and O–H groups in total. The molecule has 0 heterocycles. The highest BCUT2D eigenvalue weighted by Gasteiger charge is 2.20. The monoisotopic (exact) mass is 346 g/mol. The van der Waals surface area contributed by atoms with Gasteiger partial charge in [0.25, 0.3) is 0 Å². The highest BCUT2D eigenvalue weighted by atomic mass is 79.9. The van der Waals surface area contributed by atoms with Gasteiger partial charge in [-0.1, -0.05) is 30.3 Å². The highest BCUT2D eigenvalue weighted by Crippen LogP contribution is 2.33. The summed E-state index contributed by atoms with van der Waals surface area (Å²) >= 11 is 3.51. The lowest BCUT2D eigenvalue weighted by Crippen LogP contribution is -2.16. The highest BCUT2D eigenvalue weighted by molar-refractivity contribution is 9.10. The number of ether oxygens (including phenoxy) is 1. The summed E-state index contributed by atoms with van der Waals surface area (Å²) in [5, 5.41) is 9.13. The third-order valence-electron chi connectivity index (χ3n) is 4.11. The van der Waals surface area contributed by atoms with Crippen LogP contribution in [0, 0.1) is 0 Å². The summed E-state index contributed by atoms with van der Waals surface area (Å²) in [4.78, 5) is 0. The van der Waals surface area contributed by atoms with Gasteiger partial charge in [-0.25, -0.2) is 0 Å². The molecular formula is C18H19BrO2. The van der Waals surface area contributed by atoms with Gasteiger partial charge in [0.15, 0.2) is 0 Å². The van der Waals surface area contributed by atoms with E-state index in [2.05, 4.69) is 40.2 Å². The number of rotatable bonds is 4. The minimum Gasteiger partial charge on any atom is -0.492 e. The molecule has 0 fully saturated rings. The first kappa shape index (κ1) is 14.6. The molecule has 0 radical (unpaired) electrons. The van der Waals surface area contributed by atoms with Gasteiger partial charge in [0.2, 0.25) is 0 Å². The molecule has 110 valence electrons. The molecule has 2 nitrogen and oxygen atoms in total. The number of hydrogen-bond donors (Lipinski definition) is 1. The van der Waals surface area contributed by atoms with E-state index in [1.807, 2.05) is 18.2 Å². The van der Waals surface area contributed by atoms with Gasteiger partial charge in [-0.15, -0.1) is 0 Å². The molecule has 0 aromatic heterocycles. The van der Waals surface area contributed by atoms with Gasteiger partial charge >= 0.3 is 0 Å². The largest absolute Gasteiger partial charge is 0.492 e. The fourth-order valence-electron chi connectivity index (χ4n) is 2.98. The maximum atomic E-state index is 9.13. The van der Waals surface area contributed by atoms with Crippen LogP contribution >= 0.6 is 15.9 Å². The van der Waals surface area contributed by atoms with Crippen LogP contribution < -0.4 is 4.74 Å². The number of halogens is 1. The number of hydrogen-bond acceptors (Lipinski definition) is 2. The van der Waals surface area contributed by atoms with Crippen molar-refractivity contribution in [3.63, 3.8) is 0 Å². The van der Waals surface area contributed by atoms with Crippen molar-refractivity contribution in [3.05, 3.63) is 63.6 Å². The molecule has 0 saturated heterocycles. The van der Waals surface area contributed by atoms with E-state index in [0.717, 1.165) is 15.8 Å². The zero-order chi connectivity index (χ0) is 14.7. The third kappa shape index (κ3) is 3.30. The first-order chi connectivity index (χ1) is 10.3.